The van der Waals surface area contributed by atoms with Crippen molar-refractivity contribution in [2.75, 3.05) is 13.1 Å². The molecule has 2 aromatic heterocycles. The van der Waals surface area contributed by atoms with Gasteiger partial charge in [-0.15, -0.1) is 11.3 Å². The minimum absolute atomic E-state index is 0.176. The molecule has 1 amide bonds. The van der Waals surface area contributed by atoms with Crippen LogP contribution in [0.2, 0.25) is 0 Å². The maximum atomic E-state index is 12.7. The normalized spacial score (nSPS) is 20.1. The highest BCUT2D eigenvalue weighted by atomic mass is 32.1. The molecule has 1 saturated heterocycles. The first-order valence-electron chi connectivity index (χ1n) is 7.89. The molecule has 22 heavy (non-hydrogen) atoms. The average Bonchev–Trinajstić information content (AvgIpc) is 3.24. The third-order valence-corrected chi connectivity index (χ3v) is 5.40. The van der Waals surface area contributed by atoms with Crippen LogP contribution in [-0.2, 0) is 11.2 Å². The molecule has 5 nitrogen and oxygen atoms in total. The van der Waals surface area contributed by atoms with Crippen LogP contribution in [-0.4, -0.2) is 38.4 Å². The predicted molar refractivity (Wildman–Crippen MR) is 87.0 cm³/mol. The fourth-order valence-electron chi connectivity index (χ4n) is 2.94. The van der Waals surface area contributed by atoms with Crippen molar-refractivity contribution in [1.29, 1.82) is 0 Å². The number of hydrogen-bond acceptors (Lipinski definition) is 4. The largest absolute Gasteiger partial charge is 0.340 e. The third-order valence-electron chi connectivity index (χ3n) is 4.34. The smallest absolute Gasteiger partial charge is 0.245 e. The van der Waals surface area contributed by atoms with E-state index in [9.17, 15) is 4.79 Å². The molecule has 1 fully saturated rings. The molecular weight excluding hydrogens is 296 g/mol. The van der Waals surface area contributed by atoms with Gasteiger partial charge in [0, 0.05) is 36.8 Å². The fourth-order valence-corrected chi connectivity index (χ4v) is 3.97. The highest BCUT2D eigenvalue weighted by Crippen LogP contribution is 2.30. The van der Waals surface area contributed by atoms with Gasteiger partial charge in [0.25, 0.3) is 0 Å². The second-order valence-corrected chi connectivity index (χ2v) is 6.73. The van der Waals surface area contributed by atoms with Gasteiger partial charge < -0.3 is 9.47 Å². The number of likely N-dealkylation sites (tertiary alicyclic amines) is 1. The summed E-state index contributed by atoms with van der Waals surface area (Å²) in [4.78, 5) is 23.4. The van der Waals surface area contributed by atoms with Gasteiger partial charge >= 0.3 is 0 Å². The van der Waals surface area contributed by atoms with E-state index in [0.717, 1.165) is 38.0 Å². The number of hydrogen-bond donors (Lipinski definition) is 0. The number of carbonyl (C=O) groups excluding carboxylic acids is 1. The number of carbonyl (C=O) groups is 1. The second-order valence-electron chi connectivity index (χ2n) is 5.84. The Morgan fingerprint density at radius 2 is 2.41 bits per heavy atom. The Balaban J connectivity index is 1.68. The summed E-state index contributed by atoms with van der Waals surface area (Å²) in [6, 6.07) is -0.191. The minimum atomic E-state index is -0.191. The van der Waals surface area contributed by atoms with E-state index in [-0.39, 0.29) is 11.9 Å². The molecule has 0 aliphatic carbocycles. The highest BCUT2D eigenvalue weighted by Gasteiger charge is 2.29. The van der Waals surface area contributed by atoms with Gasteiger partial charge in [-0.05, 0) is 26.2 Å². The minimum Gasteiger partial charge on any atom is -0.340 e. The second kappa shape index (κ2) is 6.60. The summed E-state index contributed by atoms with van der Waals surface area (Å²) in [7, 11) is 0. The molecule has 0 bridgehead atoms. The standard InChI is InChI=1S/C16H22N4OS/c1-3-14-10-22-15(18-14)13-5-4-7-19(9-13)16(21)12(2)20-8-6-17-11-20/h6,8,10-13H,3-5,7,9H2,1-2H3/t12-,13+/m1/s1. The molecular formula is C16H22N4OS. The molecule has 2 aromatic rings. The van der Waals surface area contributed by atoms with Gasteiger partial charge in [0.1, 0.15) is 6.04 Å². The van der Waals surface area contributed by atoms with E-state index in [4.69, 9.17) is 4.98 Å². The lowest BCUT2D eigenvalue weighted by atomic mass is 9.98. The van der Waals surface area contributed by atoms with E-state index in [1.807, 2.05) is 22.6 Å². The maximum Gasteiger partial charge on any atom is 0.245 e. The quantitative estimate of drug-likeness (QED) is 0.871. The van der Waals surface area contributed by atoms with Gasteiger partial charge in [-0.1, -0.05) is 6.92 Å². The number of piperidine rings is 1. The number of aromatic nitrogens is 3. The first-order chi connectivity index (χ1) is 10.7. The Labute approximate surface area is 135 Å². The summed E-state index contributed by atoms with van der Waals surface area (Å²) in [5.74, 6) is 0.563. The van der Waals surface area contributed by atoms with Gasteiger partial charge in [-0.25, -0.2) is 9.97 Å². The zero-order valence-corrected chi connectivity index (χ0v) is 13.9. The summed E-state index contributed by atoms with van der Waals surface area (Å²) < 4.78 is 1.87. The number of aryl methyl sites for hydroxylation is 1. The van der Waals surface area contributed by atoms with Crippen molar-refractivity contribution in [1.82, 2.24) is 19.4 Å². The lowest BCUT2D eigenvalue weighted by molar-refractivity contribution is -0.135. The van der Waals surface area contributed by atoms with E-state index in [1.165, 1.54) is 5.01 Å². The van der Waals surface area contributed by atoms with Gasteiger partial charge in [0.15, 0.2) is 0 Å². The van der Waals surface area contributed by atoms with Crippen molar-refractivity contribution in [2.45, 2.75) is 45.1 Å². The molecule has 0 N–H and O–H groups in total. The third kappa shape index (κ3) is 3.06. The van der Waals surface area contributed by atoms with Crippen molar-refractivity contribution >= 4 is 17.2 Å². The first-order valence-corrected chi connectivity index (χ1v) is 8.77. The van der Waals surface area contributed by atoms with Crippen LogP contribution in [0.1, 0.15) is 49.4 Å². The summed E-state index contributed by atoms with van der Waals surface area (Å²) in [5.41, 5.74) is 1.16. The summed E-state index contributed by atoms with van der Waals surface area (Å²) in [6.45, 7) is 5.70. The van der Waals surface area contributed by atoms with Crippen molar-refractivity contribution in [3.63, 3.8) is 0 Å². The van der Waals surface area contributed by atoms with Crippen molar-refractivity contribution in [2.24, 2.45) is 0 Å². The molecule has 3 rings (SSSR count). The Hall–Kier alpha value is -1.69. The van der Waals surface area contributed by atoms with Crippen LogP contribution in [0.5, 0.6) is 0 Å². The van der Waals surface area contributed by atoms with Crippen LogP contribution >= 0.6 is 11.3 Å². The molecule has 0 radical (unpaired) electrons. The van der Waals surface area contributed by atoms with E-state index < -0.39 is 0 Å². The van der Waals surface area contributed by atoms with Crippen LogP contribution in [0.3, 0.4) is 0 Å². The van der Waals surface area contributed by atoms with E-state index >= 15 is 0 Å². The number of nitrogens with zero attached hydrogens (tertiary/aromatic N) is 4. The van der Waals surface area contributed by atoms with Crippen molar-refractivity contribution < 1.29 is 4.79 Å². The Morgan fingerprint density at radius 1 is 1.55 bits per heavy atom. The topological polar surface area (TPSA) is 51.0 Å². The zero-order chi connectivity index (χ0) is 15.5. The van der Waals surface area contributed by atoms with Gasteiger partial charge in [0.2, 0.25) is 5.91 Å². The summed E-state index contributed by atoms with van der Waals surface area (Å²) >= 11 is 1.74. The average molecular weight is 318 g/mol. The van der Waals surface area contributed by atoms with E-state index in [0.29, 0.717) is 5.92 Å². The molecule has 0 spiro atoms. The molecule has 118 valence electrons. The van der Waals surface area contributed by atoms with Gasteiger partial charge in [0.05, 0.1) is 17.0 Å². The molecule has 3 heterocycles. The van der Waals surface area contributed by atoms with Crippen LogP contribution in [0.4, 0.5) is 0 Å². The fraction of sp³-hybridized carbons (Fsp3) is 0.562. The van der Waals surface area contributed by atoms with E-state index in [2.05, 4.69) is 17.3 Å². The zero-order valence-electron chi connectivity index (χ0n) is 13.1. The molecule has 1 aliphatic rings. The van der Waals surface area contributed by atoms with Crippen molar-refractivity contribution in [3.05, 3.63) is 34.8 Å². The summed E-state index contributed by atoms with van der Waals surface area (Å²) in [5, 5.41) is 3.33. The highest BCUT2D eigenvalue weighted by molar-refractivity contribution is 7.09. The molecule has 2 atom stereocenters. The lowest BCUT2D eigenvalue weighted by Gasteiger charge is -2.33. The number of rotatable bonds is 4. The summed E-state index contributed by atoms with van der Waals surface area (Å²) in [6.07, 6.45) is 8.42. The van der Waals surface area contributed by atoms with Crippen LogP contribution in [0.15, 0.2) is 24.1 Å². The van der Waals surface area contributed by atoms with Gasteiger partial charge in [-0.3, -0.25) is 4.79 Å². The monoisotopic (exact) mass is 318 g/mol. The maximum absolute atomic E-state index is 12.7. The van der Waals surface area contributed by atoms with Crippen LogP contribution in [0, 0.1) is 0 Å². The molecule has 1 aliphatic heterocycles. The molecule has 6 heteroatoms. The molecule has 0 unspecified atom stereocenters. The Bertz CT molecular complexity index is 622. The van der Waals surface area contributed by atoms with Crippen LogP contribution in [0.25, 0.3) is 0 Å². The predicted octanol–water partition coefficient (Wildman–Crippen LogP) is 2.87. The SMILES string of the molecule is CCc1csc([C@H]2CCCN(C(=O)[C@@H](C)n3ccnc3)C2)n1. The molecule has 0 aromatic carbocycles. The Morgan fingerprint density at radius 3 is 3.09 bits per heavy atom. The lowest BCUT2D eigenvalue weighted by Crippen LogP contribution is -2.42. The number of imidazole rings is 1. The molecule has 0 saturated carbocycles. The van der Waals surface area contributed by atoms with E-state index in [1.54, 1.807) is 23.9 Å². The number of thiazole rings is 1. The Kier molecular flexibility index (Phi) is 4.57. The van der Waals surface area contributed by atoms with Crippen molar-refractivity contribution in [3.8, 4) is 0 Å². The van der Waals surface area contributed by atoms with Gasteiger partial charge in [-0.2, -0.15) is 0 Å². The van der Waals surface area contributed by atoms with Crippen LogP contribution < -0.4 is 0 Å². The first kappa shape index (κ1) is 15.2. The number of amides is 1.